The van der Waals surface area contributed by atoms with Crippen LogP contribution in [-0.4, -0.2) is 16.4 Å². The van der Waals surface area contributed by atoms with Gasteiger partial charge in [-0.3, -0.25) is 0 Å². The quantitative estimate of drug-likeness (QED) is 0.131. The van der Waals surface area contributed by atoms with Gasteiger partial charge in [0, 0.05) is 0 Å². The molecule has 0 aromatic heterocycles. The molecule has 4 atom stereocenters. The van der Waals surface area contributed by atoms with Gasteiger partial charge in [0.15, 0.2) is 0 Å². The molecule has 0 spiro atoms. The van der Waals surface area contributed by atoms with Crippen molar-refractivity contribution in [2.24, 2.45) is 11.8 Å². The summed E-state index contributed by atoms with van der Waals surface area (Å²) in [5.74, 6) is -0.107. The van der Waals surface area contributed by atoms with Crippen molar-refractivity contribution in [3.63, 3.8) is 0 Å². The number of amides is 2. The van der Waals surface area contributed by atoms with Gasteiger partial charge in [0.05, 0.1) is 0 Å². The van der Waals surface area contributed by atoms with Crippen molar-refractivity contribution in [2.45, 2.75) is 88.4 Å². The van der Waals surface area contributed by atoms with E-state index in [4.69, 9.17) is 17.2 Å². The zero-order chi connectivity index (χ0) is 39.0. The Morgan fingerprint density at radius 2 is 0.981 bits per heavy atom. The van der Waals surface area contributed by atoms with E-state index in [1.54, 1.807) is 0 Å². The Bertz CT molecular complexity index is 2010. The SMILES string of the molecule is CCC(=O)N[B](NC(=O)CC)[Hf]([Cl])([Cl])([CH]1C(C(C)CC)=Cc2c(-c3ccccc3C)cccc21)[CH]1C(C(C)CC)=Cc2c(-c3ccccc3C)cccc21. The molecule has 4 aromatic rings. The summed E-state index contributed by atoms with van der Waals surface area (Å²) in [7, 11) is 17.9. The molecule has 54 heavy (non-hydrogen) atoms. The molecule has 0 aliphatic heterocycles. The Morgan fingerprint density at radius 1 is 0.611 bits per heavy atom. The second kappa shape index (κ2) is 16.1. The fourth-order valence-corrected chi connectivity index (χ4v) is 38.8. The summed E-state index contributed by atoms with van der Waals surface area (Å²) in [6.07, 6.45) is 6.94. The normalized spacial score (nSPS) is 18.0. The number of carbonyl (C=O) groups is 2. The summed E-state index contributed by atoms with van der Waals surface area (Å²) in [6.45, 7) is 16.9. The number of fused-ring (bicyclic) bond motifs is 2. The van der Waals surface area contributed by atoms with Gasteiger partial charge in [-0.05, 0) is 0 Å². The van der Waals surface area contributed by atoms with Crippen LogP contribution in [0.2, 0.25) is 0 Å². The zero-order valence-corrected chi connectivity index (χ0v) is 38.1. The summed E-state index contributed by atoms with van der Waals surface area (Å²) in [6, 6.07) is 30.0. The number of aryl methyl sites for hydroxylation is 2. The number of allylic oxidation sites excluding steroid dienone is 2. The maximum absolute atomic E-state index is 13.7. The maximum atomic E-state index is 13.7. The monoisotopic (exact) mass is 927 g/mol. The number of rotatable bonds is 13. The Kier molecular flexibility index (Phi) is 12.1. The van der Waals surface area contributed by atoms with Crippen LogP contribution in [0.15, 0.2) is 96.1 Å². The number of hydrogen-bond donors (Lipinski definition) is 2. The van der Waals surface area contributed by atoms with Crippen LogP contribution in [0.25, 0.3) is 34.4 Å². The fourth-order valence-electron chi connectivity index (χ4n) is 8.96. The van der Waals surface area contributed by atoms with Gasteiger partial charge in [0.25, 0.3) is 0 Å². The van der Waals surface area contributed by atoms with Gasteiger partial charge in [-0.2, -0.15) is 0 Å². The molecule has 2 aliphatic carbocycles. The predicted molar refractivity (Wildman–Crippen MR) is 228 cm³/mol. The fraction of sp³-hybridized carbons (Fsp3) is 0.348. The molecule has 0 fully saturated rings. The molecular weight excluding hydrogens is 873 g/mol. The van der Waals surface area contributed by atoms with Gasteiger partial charge in [-0.15, -0.1) is 0 Å². The van der Waals surface area contributed by atoms with Crippen LogP contribution in [0.4, 0.5) is 0 Å². The first-order valence-electron chi connectivity index (χ1n) is 19.8. The minimum absolute atomic E-state index is 0.139. The van der Waals surface area contributed by atoms with Crippen LogP contribution in [0.5, 0.6) is 0 Å². The Morgan fingerprint density at radius 3 is 1.33 bits per heavy atom. The van der Waals surface area contributed by atoms with E-state index in [0.29, 0.717) is 0 Å². The van der Waals surface area contributed by atoms with Crippen molar-refractivity contribution < 1.29 is 25.5 Å². The molecule has 0 radical (unpaired) electrons. The van der Waals surface area contributed by atoms with Crippen molar-refractivity contribution >= 4 is 45.7 Å². The molecule has 4 unspecified atom stereocenters. The van der Waals surface area contributed by atoms with Gasteiger partial charge in [0.1, 0.15) is 0 Å². The van der Waals surface area contributed by atoms with E-state index in [0.717, 1.165) is 46.2 Å². The average Bonchev–Trinajstić information content (AvgIpc) is 3.79. The topological polar surface area (TPSA) is 58.2 Å². The first-order chi connectivity index (χ1) is 25.8. The van der Waals surface area contributed by atoms with Crippen molar-refractivity contribution in [1.29, 1.82) is 0 Å². The predicted octanol–water partition coefficient (Wildman–Crippen LogP) is 12.3. The van der Waals surface area contributed by atoms with Crippen molar-refractivity contribution in [2.75, 3.05) is 0 Å². The van der Waals surface area contributed by atoms with Crippen LogP contribution >= 0.6 is 17.2 Å². The molecule has 6 rings (SSSR count). The third-order valence-electron chi connectivity index (χ3n) is 12.3. The summed E-state index contributed by atoms with van der Waals surface area (Å²) >= 11 is -6.22. The van der Waals surface area contributed by atoms with Gasteiger partial charge in [-0.25, -0.2) is 0 Å². The summed E-state index contributed by atoms with van der Waals surface area (Å²) in [5, 5.41) is 6.61. The van der Waals surface area contributed by atoms with Crippen LogP contribution < -0.4 is 10.5 Å². The van der Waals surface area contributed by atoms with Gasteiger partial charge in [-0.1, -0.05) is 0 Å². The number of nitrogens with one attached hydrogen (secondary N) is 2. The number of halogens is 2. The van der Waals surface area contributed by atoms with Crippen molar-refractivity contribution in [3.8, 4) is 22.3 Å². The van der Waals surface area contributed by atoms with E-state index in [2.05, 4.69) is 149 Å². The van der Waals surface area contributed by atoms with E-state index in [1.807, 2.05) is 13.8 Å². The molecule has 4 nitrogen and oxygen atoms in total. The van der Waals surface area contributed by atoms with Crippen molar-refractivity contribution in [1.82, 2.24) is 10.5 Å². The molecule has 0 saturated heterocycles. The van der Waals surface area contributed by atoms with Crippen LogP contribution in [-0.2, 0) is 25.5 Å². The first kappa shape index (κ1) is 40.5. The Balaban J connectivity index is 1.75. The van der Waals surface area contributed by atoms with Crippen molar-refractivity contribution in [3.05, 3.63) is 129 Å². The second-order valence-corrected chi connectivity index (χ2v) is 45.9. The second-order valence-electron chi connectivity index (χ2n) is 15.5. The third-order valence-corrected chi connectivity index (χ3v) is 40.6. The average molecular weight is 927 g/mol. The number of hydrogen-bond acceptors (Lipinski definition) is 2. The Labute approximate surface area is 331 Å². The Hall–Kier alpha value is -3.18. The van der Waals surface area contributed by atoms with Gasteiger partial charge >= 0.3 is 334 Å². The van der Waals surface area contributed by atoms with E-state index in [9.17, 15) is 9.59 Å². The molecule has 4 aromatic carbocycles. The van der Waals surface area contributed by atoms with Gasteiger partial charge < -0.3 is 0 Å². The first-order valence-corrected chi connectivity index (χ1v) is 34.9. The zero-order valence-electron chi connectivity index (χ0n) is 33.0. The van der Waals surface area contributed by atoms with E-state index in [-0.39, 0.29) is 36.5 Å². The summed E-state index contributed by atoms with van der Waals surface area (Å²) in [5.41, 5.74) is 13.8. The molecule has 2 aliphatic rings. The third kappa shape index (κ3) is 6.94. The van der Waals surface area contributed by atoms with E-state index in [1.165, 1.54) is 33.4 Å². The molecule has 2 N–H and O–H groups in total. The van der Waals surface area contributed by atoms with Crippen LogP contribution in [0.1, 0.15) is 108 Å². The molecule has 8 heteroatoms. The molecule has 281 valence electrons. The van der Waals surface area contributed by atoms with E-state index >= 15 is 0 Å². The van der Waals surface area contributed by atoms with E-state index < -0.39 is 27.8 Å². The standard InChI is InChI=1S/2C20H21.C6H11BN2O2.2ClH.Hf/c2*1-4-14(2)17-12-16-9-7-11-19(20(16)13-17)18-10-6-5-8-15(18)3;1-3-5(10)8-7-9-6(11)4-2;;;/h2*5-14H,4H2,1-3H3;3-4H2,1-2H3,(H-,8,9,10,11);2*1H;/q;;;;;+1/p-1. The minimum atomic E-state index is -6.22. The molecular formula is C46H54BCl2HfN2O2. The molecule has 0 bridgehead atoms. The molecule has 2 amide bonds. The van der Waals surface area contributed by atoms with Crippen LogP contribution in [0, 0.1) is 25.7 Å². The number of benzene rings is 4. The van der Waals surface area contributed by atoms with Gasteiger partial charge in [0.2, 0.25) is 0 Å². The van der Waals surface area contributed by atoms with Crippen LogP contribution in [0.3, 0.4) is 0 Å². The molecule has 0 heterocycles. The number of carbonyl (C=O) groups excluding carboxylic acids is 2. The summed E-state index contributed by atoms with van der Waals surface area (Å²) in [4.78, 5) is 27.4. The summed E-state index contributed by atoms with van der Waals surface area (Å²) < 4.78 is -1.74. The molecule has 0 saturated carbocycles.